The van der Waals surface area contributed by atoms with E-state index in [1.165, 1.54) is 64.2 Å². The molecule has 0 rings (SSSR count). The van der Waals surface area contributed by atoms with Crippen LogP contribution in [-0.2, 0) is 28.6 Å². The molecule has 0 radical (unpaired) electrons. The lowest BCUT2D eigenvalue weighted by Crippen LogP contribution is -2.30. The first kappa shape index (κ1) is 61.1. The lowest BCUT2D eigenvalue weighted by Gasteiger charge is -2.18. The summed E-state index contributed by atoms with van der Waals surface area (Å²) in [5, 5.41) is 0. The van der Waals surface area contributed by atoms with Crippen molar-refractivity contribution in [3.8, 4) is 0 Å². The summed E-state index contributed by atoms with van der Waals surface area (Å²) in [7, 11) is 0. The fraction of sp³-hybridized carbons (Fsp3) is 0.644. The van der Waals surface area contributed by atoms with Gasteiger partial charge in [0.15, 0.2) is 6.10 Å². The summed E-state index contributed by atoms with van der Waals surface area (Å²) in [5.74, 6) is -0.984. The maximum Gasteiger partial charge on any atom is 0.306 e. The third kappa shape index (κ3) is 50.9. The summed E-state index contributed by atoms with van der Waals surface area (Å²) in [6, 6.07) is 0. The number of carbonyl (C=O) groups is 3. The Labute approximate surface area is 400 Å². The molecule has 1 atom stereocenters. The van der Waals surface area contributed by atoms with Crippen LogP contribution in [0.3, 0.4) is 0 Å². The van der Waals surface area contributed by atoms with E-state index in [0.717, 1.165) is 116 Å². The summed E-state index contributed by atoms with van der Waals surface area (Å²) in [4.78, 5) is 38.0. The average molecular weight is 901 g/mol. The summed E-state index contributed by atoms with van der Waals surface area (Å²) in [5.41, 5.74) is 0. The molecule has 368 valence electrons. The van der Waals surface area contributed by atoms with Crippen molar-refractivity contribution < 1.29 is 28.6 Å². The molecule has 0 heterocycles. The molecule has 0 aromatic carbocycles. The molecule has 0 unspecified atom stereocenters. The van der Waals surface area contributed by atoms with Gasteiger partial charge >= 0.3 is 17.9 Å². The maximum atomic E-state index is 12.8. The van der Waals surface area contributed by atoms with Crippen LogP contribution < -0.4 is 0 Å². The number of hydrogen-bond donors (Lipinski definition) is 0. The Morgan fingerprint density at radius 2 is 0.600 bits per heavy atom. The lowest BCUT2D eigenvalue weighted by molar-refractivity contribution is -0.167. The second kappa shape index (κ2) is 52.7. The van der Waals surface area contributed by atoms with Crippen LogP contribution in [0.2, 0.25) is 0 Å². The summed E-state index contributed by atoms with van der Waals surface area (Å²) >= 11 is 0. The topological polar surface area (TPSA) is 78.9 Å². The maximum absolute atomic E-state index is 12.8. The Balaban J connectivity index is 4.51. The smallest absolute Gasteiger partial charge is 0.306 e. The zero-order valence-electron chi connectivity index (χ0n) is 42.0. The summed E-state index contributed by atoms with van der Waals surface area (Å²) in [6.07, 6.45) is 70.7. The SMILES string of the molecule is CC/C=C\C/C=C\C/C=C\C/C=C\C/C=C\CCCCCC(=O)OC[C@@H](COC(=O)CCCCCCCCCCCCCCC)OC(=O)CCCC/C=C\C/C=C\C/C=C\C/C=C\CC. The standard InChI is InChI=1S/C59H96O6/c1-4-7-10-13-16-19-22-25-27-28-29-30-32-34-37-40-43-46-49-52-58(61)64-55-56(54-63-57(60)51-48-45-42-39-36-33-24-21-18-15-12-9-6-3)65-59(62)53-50-47-44-41-38-35-31-26-23-20-17-14-11-8-5-2/h7-8,10-11,16-17,19-20,25-27,29-31,34,37-38,41,56H,4-6,9,12-15,18,21-24,28,32-33,35-36,39-40,42-55H2,1-3H3/b10-7-,11-8-,19-16-,20-17-,27-25-,30-29-,31-26-,37-34-,41-38-/t56-/m1/s1. The van der Waals surface area contributed by atoms with Gasteiger partial charge in [0.2, 0.25) is 0 Å². The predicted molar refractivity (Wildman–Crippen MR) is 279 cm³/mol. The highest BCUT2D eigenvalue weighted by Crippen LogP contribution is 2.14. The molecule has 65 heavy (non-hydrogen) atoms. The largest absolute Gasteiger partial charge is 0.462 e. The molecule has 0 amide bonds. The number of allylic oxidation sites excluding steroid dienone is 18. The van der Waals surface area contributed by atoms with Crippen LogP contribution in [-0.4, -0.2) is 37.2 Å². The molecule has 0 aliphatic rings. The van der Waals surface area contributed by atoms with Gasteiger partial charge in [0.05, 0.1) is 0 Å². The molecule has 6 nitrogen and oxygen atoms in total. The normalized spacial score (nSPS) is 13.0. The van der Waals surface area contributed by atoms with Crippen LogP contribution in [0.4, 0.5) is 0 Å². The van der Waals surface area contributed by atoms with E-state index in [4.69, 9.17) is 14.2 Å². The monoisotopic (exact) mass is 901 g/mol. The second-order valence-electron chi connectivity index (χ2n) is 17.0. The van der Waals surface area contributed by atoms with Gasteiger partial charge in [-0.1, -0.05) is 214 Å². The zero-order chi connectivity index (χ0) is 47.2. The van der Waals surface area contributed by atoms with Crippen LogP contribution in [0.1, 0.15) is 226 Å². The fourth-order valence-electron chi connectivity index (χ4n) is 6.87. The number of unbranched alkanes of at least 4 members (excludes halogenated alkanes) is 17. The highest BCUT2D eigenvalue weighted by atomic mass is 16.6. The number of hydrogen-bond acceptors (Lipinski definition) is 6. The van der Waals surface area contributed by atoms with Gasteiger partial charge in [-0.2, -0.15) is 0 Å². The third-order valence-corrected chi connectivity index (χ3v) is 10.8. The molecule has 0 fully saturated rings. The molecule has 6 heteroatoms. The summed E-state index contributed by atoms with van der Waals surface area (Å²) < 4.78 is 16.7. The van der Waals surface area contributed by atoms with Crippen LogP contribution in [0, 0.1) is 0 Å². The fourth-order valence-corrected chi connectivity index (χ4v) is 6.87. The Bertz CT molecular complexity index is 1360. The highest BCUT2D eigenvalue weighted by molar-refractivity contribution is 5.71. The molecule has 0 aromatic rings. The third-order valence-electron chi connectivity index (χ3n) is 10.8. The molecular weight excluding hydrogens is 805 g/mol. The molecule has 0 aliphatic carbocycles. The Kier molecular flexibility index (Phi) is 49.5. The van der Waals surface area contributed by atoms with E-state index in [0.29, 0.717) is 19.3 Å². The van der Waals surface area contributed by atoms with Crippen LogP contribution in [0.5, 0.6) is 0 Å². The van der Waals surface area contributed by atoms with Gasteiger partial charge in [0, 0.05) is 19.3 Å². The van der Waals surface area contributed by atoms with E-state index in [1.54, 1.807) is 0 Å². The van der Waals surface area contributed by atoms with Crippen LogP contribution in [0.25, 0.3) is 0 Å². The number of esters is 3. The number of carbonyl (C=O) groups excluding carboxylic acids is 3. The average Bonchev–Trinajstić information content (AvgIpc) is 3.30. The quantitative estimate of drug-likeness (QED) is 0.0262. The highest BCUT2D eigenvalue weighted by Gasteiger charge is 2.19. The van der Waals surface area contributed by atoms with E-state index in [9.17, 15) is 14.4 Å². The first-order chi connectivity index (χ1) is 32.0. The van der Waals surface area contributed by atoms with Crippen LogP contribution >= 0.6 is 0 Å². The van der Waals surface area contributed by atoms with Crippen LogP contribution in [0.15, 0.2) is 109 Å². The molecule has 0 aliphatic heterocycles. The Morgan fingerprint density at radius 1 is 0.323 bits per heavy atom. The van der Waals surface area contributed by atoms with Gasteiger partial charge in [-0.3, -0.25) is 14.4 Å². The molecular formula is C59H96O6. The molecule has 0 N–H and O–H groups in total. The van der Waals surface area contributed by atoms with Crippen molar-refractivity contribution in [2.24, 2.45) is 0 Å². The van der Waals surface area contributed by atoms with Crippen molar-refractivity contribution in [3.63, 3.8) is 0 Å². The van der Waals surface area contributed by atoms with Crippen molar-refractivity contribution in [3.05, 3.63) is 109 Å². The molecule has 0 spiro atoms. The van der Waals surface area contributed by atoms with E-state index < -0.39 is 6.10 Å². The lowest BCUT2D eigenvalue weighted by atomic mass is 10.0. The molecule has 0 saturated carbocycles. The summed E-state index contributed by atoms with van der Waals surface area (Å²) in [6.45, 7) is 6.34. The van der Waals surface area contributed by atoms with Gasteiger partial charge in [-0.05, 0) is 103 Å². The zero-order valence-corrected chi connectivity index (χ0v) is 42.0. The van der Waals surface area contributed by atoms with Crippen molar-refractivity contribution in [2.75, 3.05) is 13.2 Å². The van der Waals surface area contributed by atoms with Gasteiger partial charge < -0.3 is 14.2 Å². The minimum Gasteiger partial charge on any atom is -0.462 e. The van der Waals surface area contributed by atoms with E-state index in [1.807, 2.05) is 0 Å². The minimum atomic E-state index is -0.813. The van der Waals surface area contributed by atoms with Gasteiger partial charge in [-0.15, -0.1) is 0 Å². The predicted octanol–water partition coefficient (Wildman–Crippen LogP) is 17.5. The molecule has 0 bridgehead atoms. The first-order valence-corrected chi connectivity index (χ1v) is 26.4. The van der Waals surface area contributed by atoms with E-state index in [2.05, 4.69) is 130 Å². The second-order valence-corrected chi connectivity index (χ2v) is 17.0. The van der Waals surface area contributed by atoms with Gasteiger partial charge in [-0.25, -0.2) is 0 Å². The molecule has 0 saturated heterocycles. The minimum absolute atomic E-state index is 0.106. The molecule has 0 aromatic heterocycles. The van der Waals surface area contributed by atoms with Crippen molar-refractivity contribution >= 4 is 17.9 Å². The van der Waals surface area contributed by atoms with Crippen molar-refractivity contribution in [1.29, 1.82) is 0 Å². The van der Waals surface area contributed by atoms with E-state index in [-0.39, 0.29) is 37.5 Å². The number of rotatable bonds is 46. The van der Waals surface area contributed by atoms with Gasteiger partial charge in [0.1, 0.15) is 13.2 Å². The van der Waals surface area contributed by atoms with Crippen molar-refractivity contribution in [2.45, 2.75) is 232 Å². The number of ether oxygens (including phenoxy) is 3. The first-order valence-electron chi connectivity index (χ1n) is 26.4. The van der Waals surface area contributed by atoms with E-state index >= 15 is 0 Å². The Hall–Kier alpha value is -3.93. The van der Waals surface area contributed by atoms with Crippen molar-refractivity contribution in [1.82, 2.24) is 0 Å². The Morgan fingerprint density at radius 3 is 0.969 bits per heavy atom. The van der Waals surface area contributed by atoms with Gasteiger partial charge in [0.25, 0.3) is 0 Å².